The molecule has 0 fully saturated rings. The molecule has 2 heterocycles. The molecule has 0 aliphatic carbocycles. The molecule has 1 aromatic heterocycles. The summed E-state index contributed by atoms with van der Waals surface area (Å²) in [5.41, 5.74) is 4.74. The van der Waals surface area contributed by atoms with Gasteiger partial charge in [-0.3, -0.25) is 15.0 Å². The minimum absolute atomic E-state index is 0.0370. The smallest absolute Gasteiger partial charge is 0.264 e. The van der Waals surface area contributed by atoms with Gasteiger partial charge in [-0.05, 0) is 54.3 Å². The fraction of sp³-hybridized carbons (Fsp3) is 0.304. The SMILES string of the molecule is COc1ccc2c(c1)CCN(Cc1csc(NC(=O)COc3cccc(C)c3)n1)C2. The number of nitrogens with zero attached hydrogens (tertiary/aromatic N) is 2. The molecular weight excluding hydrogens is 398 g/mol. The highest BCUT2D eigenvalue weighted by Gasteiger charge is 2.18. The minimum Gasteiger partial charge on any atom is -0.497 e. The first-order valence-corrected chi connectivity index (χ1v) is 10.8. The van der Waals surface area contributed by atoms with Crippen LogP contribution in [0.15, 0.2) is 47.8 Å². The Labute approximate surface area is 180 Å². The summed E-state index contributed by atoms with van der Waals surface area (Å²) in [7, 11) is 1.70. The lowest BCUT2D eigenvalue weighted by atomic mass is 9.99. The van der Waals surface area contributed by atoms with Crippen molar-refractivity contribution in [3.05, 3.63) is 70.2 Å². The van der Waals surface area contributed by atoms with Gasteiger partial charge in [-0.1, -0.05) is 18.2 Å². The van der Waals surface area contributed by atoms with Gasteiger partial charge < -0.3 is 9.47 Å². The maximum Gasteiger partial charge on any atom is 0.264 e. The van der Waals surface area contributed by atoms with Gasteiger partial charge in [0.25, 0.3) is 5.91 Å². The van der Waals surface area contributed by atoms with Crippen molar-refractivity contribution in [2.45, 2.75) is 26.4 Å². The Morgan fingerprint density at radius 1 is 1.20 bits per heavy atom. The van der Waals surface area contributed by atoms with Crippen molar-refractivity contribution < 1.29 is 14.3 Å². The quantitative estimate of drug-likeness (QED) is 0.622. The Hall–Kier alpha value is -2.90. The first-order chi connectivity index (χ1) is 14.6. The van der Waals surface area contributed by atoms with Crippen molar-refractivity contribution in [3.8, 4) is 11.5 Å². The number of amides is 1. The molecule has 3 aromatic rings. The van der Waals surface area contributed by atoms with E-state index in [1.807, 2.05) is 42.6 Å². The van der Waals surface area contributed by atoms with Gasteiger partial charge in [0, 0.05) is 25.0 Å². The van der Waals surface area contributed by atoms with Crippen LogP contribution in [0.1, 0.15) is 22.4 Å². The van der Waals surface area contributed by atoms with E-state index in [1.54, 1.807) is 7.11 Å². The molecule has 0 unspecified atom stereocenters. The first-order valence-electron chi connectivity index (χ1n) is 9.91. The Morgan fingerprint density at radius 3 is 2.93 bits per heavy atom. The monoisotopic (exact) mass is 423 g/mol. The average molecular weight is 424 g/mol. The molecule has 0 bridgehead atoms. The molecular formula is C23H25N3O3S. The van der Waals surface area contributed by atoms with Gasteiger partial charge in [0.15, 0.2) is 11.7 Å². The predicted molar refractivity (Wildman–Crippen MR) is 118 cm³/mol. The number of benzene rings is 2. The largest absolute Gasteiger partial charge is 0.497 e. The van der Waals surface area contributed by atoms with E-state index in [0.717, 1.165) is 43.1 Å². The van der Waals surface area contributed by atoms with Gasteiger partial charge in [-0.25, -0.2) is 4.98 Å². The molecule has 156 valence electrons. The number of anilines is 1. The van der Waals surface area contributed by atoms with Crippen LogP contribution in [-0.4, -0.2) is 36.1 Å². The zero-order valence-electron chi connectivity index (χ0n) is 17.2. The van der Waals surface area contributed by atoms with Crippen molar-refractivity contribution in [2.24, 2.45) is 0 Å². The maximum absolute atomic E-state index is 12.2. The Balaban J connectivity index is 1.28. The molecule has 30 heavy (non-hydrogen) atoms. The maximum atomic E-state index is 12.2. The minimum atomic E-state index is -0.210. The topological polar surface area (TPSA) is 63.7 Å². The van der Waals surface area contributed by atoms with Gasteiger partial charge in [-0.15, -0.1) is 11.3 Å². The number of hydrogen-bond acceptors (Lipinski definition) is 6. The number of carbonyl (C=O) groups excluding carboxylic acids is 1. The lowest BCUT2D eigenvalue weighted by molar-refractivity contribution is -0.118. The lowest BCUT2D eigenvalue weighted by Crippen LogP contribution is -2.30. The lowest BCUT2D eigenvalue weighted by Gasteiger charge is -2.28. The number of methoxy groups -OCH3 is 1. The number of ether oxygens (including phenoxy) is 2. The summed E-state index contributed by atoms with van der Waals surface area (Å²) in [5.74, 6) is 1.39. The second-order valence-corrected chi connectivity index (χ2v) is 8.25. The molecule has 1 N–H and O–H groups in total. The summed E-state index contributed by atoms with van der Waals surface area (Å²) < 4.78 is 10.9. The van der Waals surface area contributed by atoms with Crippen LogP contribution < -0.4 is 14.8 Å². The van der Waals surface area contributed by atoms with Crippen LogP contribution >= 0.6 is 11.3 Å². The zero-order chi connectivity index (χ0) is 20.9. The Morgan fingerprint density at radius 2 is 2.10 bits per heavy atom. The number of aryl methyl sites for hydroxylation is 1. The van der Waals surface area contributed by atoms with Crippen LogP contribution in [0.25, 0.3) is 0 Å². The third-order valence-corrected chi connectivity index (χ3v) is 5.85. The molecule has 6 nitrogen and oxygen atoms in total. The van der Waals surface area contributed by atoms with Crippen LogP contribution in [0.3, 0.4) is 0 Å². The third kappa shape index (κ3) is 5.17. The van der Waals surface area contributed by atoms with Crippen LogP contribution in [-0.2, 0) is 24.3 Å². The van der Waals surface area contributed by atoms with Crippen molar-refractivity contribution in [1.29, 1.82) is 0 Å². The molecule has 1 aliphatic rings. The number of nitrogens with one attached hydrogen (secondary N) is 1. The van der Waals surface area contributed by atoms with Crippen molar-refractivity contribution in [2.75, 3.05) is 25.6 Å². The highest BCUT2D eigenvalue weighted by Crippen LogP contribution is 2.25. The fourth-order valence-electron chi connectivity index (χ4n) is 3.53. The van der Waals surface area contributed by atoms with Crippen molar-refractivity contribution >= 4 is 22.4 Å². The number of fused-ring (bicyclic) bond motifs is 1. The van der Waals surface area contributed by atoms with E-state index in [9.17, 15) is 4.79 Å². The van der Waals surface area contributed by atoms with E-state index < -0.39 is 0 Å². The molecule has 0 spiro atoms. The van der Waals surface area contributed by atoms with Crippen LogP contribution in [0.2, 0.25) is 0 Å². The van der Waals surface area contributed by atoms with Gasteiger partial charge in [-0.2, -0.15) is 0 Å². The van der Waals surface area contributed by atoms with Crippen LogP contribution in [0, 0.1) is 6.92 Å². The summed E-state index contributed by atoms with van der Waals surface area (Å²) >= 11 is 1.44. The molecule has 0 atom stereocenters. The normalized spacial score (nSPS) is 13.5. The van der Waals surface area contributed by atoms with E-state index in [1.165, 1.54) is 22.5 Å². The average Bonchev–Trinajstić information content (AvgIpc) is 3.18. The number of thiazole rings is 1. The van der Waals surface area contributed by atoms with E-state index in [0.29, 0.717) is 10.9 Å². The second kappa shape index (κ2) is 9.28. The number of carbonyl (C=O) groups is 1. The summed E-state index contributed by atoms with van der Waals surface area (Å²) in [5, 5.41) is 5.43. The standard InChI is InChI=1S/C23H25N3O3S/c1-16-4-3-5-21(10-16)29-14-22(27)25-23-24-19(15-30-23)13-26-9-8-17-11-20(28-2)7-6-18(17)12-26/h3-7,10-11,15H,8-9,12-14H2,1-2H3,(H,24,25,27). The molecule has 0 saturated carbocycles. The third-order valence-electron chi connectivity index (χ3n) is 5.05. The van der Waals surface area contributed by atoms with Gasteiger partial charge in [0.1, 0.15) is 11.5 Å². The zero-order valence-corrected chi connectivity index (χ0v) is 18.0. The first kappa shape index (κ1) is 20.4. The fourth-order valence-corrected chi connectivity index (χ4v) is 4.24. The molecule has 7 heteroatoms. The van der Waals surface area contributed by atoms with Gasteiger partial charge in [0.05, 0.1) is 12.8 Å². The molecule has 1 aliphatic heterocycles. The number of aromatic nitrogens is 1. The van der Waals surface area contributed by atoms with Crippen molar-refractivity contribution in [1.82, 2.24) is 9.88 Å². The Bertz CT molecular complexity index is 1030. The van der Waals surface area contributed by atoms with Crippen LogP contribution in [0.5, 0.6) is 11.5 Å². The van der Waals surface area contributed by atoms with Crippen molar-refractivity contribution in [3.63, 3.8) is 0 Å². The predicted octanol–water partition coefficient (Wildman–Crippen LogP) is 4.04. The van der Waals surface area contributed by atoms with Gasteiger partial charge in [0.2, 0.25) is 0 Å². The number of hydrogen-bond donors (Lipinski definition) is 1. The molecule has 0 radical (unpaired) electrons. The summed E-state index contributed by atoms with van der Waals surface area (Å²) in [6.45, 7) is 4.58. The second-order valence-electron chi connectivity index (χ2n) is 7.39. The Kier molecular flexibility index (Phi) is 6.30. The van der Waals surface area contributed by atoms with E-state index in [4.69, 9.17) is 9.47 Å². The van der Waals surface area contributed by atoms with E-state index in [2.05, 4.69) is 27.3 Å². The molecule has 2 aromatic carbocycles. The summed E-state index contributed by atoms with van der Waals surface area (Å²) in [4.78, 5) is 19.1. The highest BCUT2D eigenvalue weighted by molar-refractivity contribution is 7.13. The molecule has 0 saturated heterocycles. The van der Waals surface area contributed by atoms with E-state index >= 15 is 0 Å². The highest BCUT2D eigenvalue weighted by atomic mass is 32.1. The molecule has 4 rings (SSSR count). The summed E-state index contributed by atoms with van der Waals surface area (Å²) in [6, 6.07) is 13.9. The molecule has 1 amide bonds. The van der Waals surface area contributed by atoms with Gasteiger partial charge >= 0.3 is 0 Å². The number of rotatable bonds is 7. The summed E-state index contributed by atoms with van der Waals surface area (Å²) in [6.07, 6.45) is 0.997. The van der Waals surface area contributed by atoms with E-state index in [-0.39, 0.29) is 12.5 Å². The van der Waals surface area contributed by atoms with Crippen LogP contribution in [0.4, 0.5) is 5.13 Å².